The summed E-state index contributed by atoms with van der Waals surface area (Å²) in [4.78, 5) is 5.22. The van der Waals surface area contributed by atoms with Crippen LogP contribution in [0.4, 0.5) is 0 Å². The molecule has 19 heavy (non-hydrogen) atoms. The van der Waals surface area contributed by atoms with E-state index in [0.29, 0.717) is 6.04 Å². The van der Waals surface area contributed by atoms with Gasteiger partial charge in [0.05, 0.1) is 6.61 Å². The number of thiophene rings is 1. The van der Waals surface area contributed by atoms with Gasteiger partial charge in [-0.05, 0) is 45.5 Å². The van der Waals surface area contributed by atoms with Crippen LogP contribution in [-0.2, 0) is 17.8 Å². The fourth-order valence-corrected chi connectivity index (χ4v) is 3.04. The molecular formula is C15H28N2OS. The summed E-state index contributed by atoms with van der Waals surface area (Å²) < 4.78 is 5.21. The lowest BCUT2D eigenvalue weighted by molar-refractivity contribution is 0.112. The highest BCUT2D eigenvalue weighted by Gasteiger charge is 2.12. The molecule has 0 aliphatic rings. The van der Waals surface area contributed by atoms with Gasteiger partial charge in [0, 0.05) is 36.0 Å². The molecule has 1 heterocycles. The number of nitrogens with one attached hydrogen (secondary N) is 1. The summed E-state index contributed by atoms with van der Waals surface area (Å²) in [5.41, 5.74) is 1.45. The van der Waals surface area contributed by atoms with Crippen molar-refractivity contribution < 1.29 is 4.74 Å². The molecule has 110 valence electrons. The Morgan fingerprint density at radius 3 is 2.84 bits per heavy atom. The topological polar surface area (TPSA) is 24.5 Å². The van der Waals surface area contributed by atoms with Crippen LogP contribution in [0.25, 0.3) is 0 Å². The van der Waals surface area contributed by atoms with Crippen LogP contribution < -0.4 is 5.32 Å². The molecule has 0 aliphatic carbocycles. The summed E-state index contributed by atoms with van der Waals surface area (Å²) in [5.74, 6) is 0. The van der Waals surface area contributed by atoms with Gasteiger partial charge in [-0.1, -0.05) is 6.92 Å². The van der Waals surface area contributed by atoms with Crippen molar-refractivity contribution in [2.45, 2.75) is 46.3 Å². The zero-order valence-corrected chi connectivity index (χ0v) is 13.8. The molecule has 0 saturated carbocycles. The quantitative estimate of drug-likeness (QED) is 0.706. The Labute approximate surface area is 122 Å². The van der Waals surface area contributed by atoms with Gasteiger partial charge in [-0.25, -0.2) is 0 Å². The second-order valence-electron chi connectivity index (χ2n) is 5.19. The molecule has 1 aromatic rings. The molecule has 1 N–H and O–H groups in total. The Morgan fingerprint density at radius 2 is 2.21 bits per heavy atom. The minimum Gasteiger partial charge on any atom is -0.383 e. The van der Waals surface area contributed by atoms with Gasteiger partial charge in [-0.3, -0.25) is 4.90 Å². The molecule has 4 heteroatoms. The van der Waals surface area contributed by atoms with Gasteiger partial charge in [-0.2, -0.15) is 0 Å². The second kappa shape index (κ2) is 8.69. The van der Waals surface area contributed by atoms with Gasteiger partial charge in [0.15, 0.2) is 0 Å². The minimum absolute atomic E-state index is 0.450. The van der Waals surface area contributed by atoms with Crippen molar-refractivity contribution in [2.75, 3.05) is 27.3 Å². The first kappa shape index (κ1) is 16.6. The third kappa shape index (κ3) is 5.61. The van der Waals surface area contributed by atoms with E-state index in [-0.39, 0.29) is 0 Å². The molecular weight excluding hydrogens is 256 g/mol. The van der Waals surface area contributed by atoms with Crippen LogP contribution in [0.5, 0.6) is 0 Å². The normalized spacial score (nSPS) is 13.2. The molecule has 1 aromatic heterocycles. The molecule has 0 bridgehead atoms. The Kier molecular flexibility index (Phi) is 7.61. The van der Waals surface area contributed by atoms with E-state index in [1.54, 1.807) is 7.11 Å². The van der Waals surface area contributed by atoms with Crippen molar-refractivity contribution in [2.24, 2.45) is 0 Å². The molecule has 3 nitrogen and oxygen atoms in total. The van der Waals surface area contributed by atoms with Crippen molar-refractivity contribution in [1.82, 2.24) is 10.2 Å². The molecule has 0 spiro atoms. The number of methoxy groups -OCH3 is 1. The molecule has 0 amide bonds. The lowest BCUT2D eigenvalue weighted by Gasteiger charge is -2.23. The molecule has 0 aliphatic heterocycles. The molecule has 0 saturated heterocycles. The summed E-state index contributed by atoms with van der Waals surface area (Å²) in [6.07, 6.45) is 1.19. The van der Waals surface area contributed by atoms with E-state index in [1.165, 1.54) is 21.7 Å². The summed E-state index contributed by atoms with van der Waals surface area (Å²) in [6.45, 7) is 10.5. The van der Waals surface area contributed by atoms with Crippen LogP contribution in [0.1, 0.15) is 35.6 Å². The number of nitrogens with zero attached hydrogens (tertiary/aromatic N) is 1. The van der Waals surface area contributed by atoms with Gasteiger partial charge in [0.2, 0.25) is 0 Å². The SMILES string of the molecule is CCCNCc1cc(CN(C)C(C)COC)c(C)s1. The number of likely N-dealkylation sites (N-methyl/N-ethyl adjacent to an activating group) is 1. The van der Waals surface area contributed by atoms with Crippen molar-refractivity contribution in [1.29, 1.82) is 0 Å². The van der Waals surface area contributed by atoms with E-state index in [2.05, 4.69) is 44.1 Å². The van der Waals surface area contributed by atoms with Crippen LogP contribution in [0, 0.1) is 6.92 Å². The maximum atomic E-state index is 5.21. The fraction of sp³-hybridized carbons (Fsp3) is 0.733. The number of aryl methyl sites for hydroxylation is 1. The van der Waals surface area contributed by atoms with Crippen LogP contribution in [0.2, 0.25) is 0 Å². The predicted molar refractivity (Wildman–Crippen MR) is 83.9 cm³/mol. The molecule has 0 fully saturated rings. The van der Waals surface area contributed by atoms with Gasteiger partial charge in [0.25, 0.3) is 0 Å². The highest BCUT2D eigenvalue weighted by Crippen LogP contribution is 2.23. The van der Waals surface area contributed by atoms with E-state index in [0.717, 1.165) is 26.2 Å². The maximum absolute atomic E-state index is 5.21. The van der Waals surface area contributed by atoms with Crippen molar-refractivity contribution >= 4 is 11.3 Å². The van der Waals surface area contributed by atoms with Gasteiger partial charge >= 0.3 is 0 Å². The lowest BCUT2D eigenvalue weighted by Crippen LogP contribution is -2.32. The molecule has 1 unspecified atom stereocenters. The summed E-state index contributed by atoms with van der Waals surface area (Å²) >= 11 is 1.91. The van der Waals surface area contributed by atoms with Crippen LogP contribution in [-0.4, -0.2) is 38.3 Å². The number of hydrogen-bond acceptors (Lipinski definition) is 4. The Bertz CT molecular complexity index is 365. The minimum atomic E-state index is 0.450. The van der Waals surface area contributed by atoms with E-state index in [4.69, 9.17) is 4.74 Å². The number of rotatable bonds is 9. The predicted octanol–water partition coefficient (Wildman–Crippen LogP) is 3.02. The van der Waals surface area contributed by atoms with Gasteiger partial charge in [-0.15, -0.1) is 11.3 Å². The smallest absolute Gasteiger partial charge is 0.0615 e. The average Bonchev–Trinajstić information content (AvgIpc) is 2.70. The van der Waals surface area contributed by atoms with Gasteiger partial charge in [0.1, 0.15) is 0 Å². The third-order valence-electron chi connectivity index (χ3n) is 3.38. The monoisotopic (exact) mass is 284 g/mol. The van der Waals surface area contributed by atoms with E-state index < -0.39 is 0 Å². The summed E-state index contributed by atoms with van der Waals surface area (Å²) in [6, 6.07) is 2.80. The average molecular weight is 284 g/mol. The second-order valence-corrected chi connectivity index (χ2v) is 6.53. The highest BCUT2D eigenvalue weighted by atomic mass is 32.1. The first-order valence-corrected chi connectivity index (χ1v) is 7.88. The zero-order chi connectivity index (χ0) is 14.3. The molecule has 0 aromatic carbocycles. The Hall–Kier alpha value is -0.420. The van der Waals surface area contributed by atoms with Crippen LogP contribution in [0.15, 0.2) is 6.07 Å². The van der Waals surface area contributed by atoms with Gasteiger partial charge < -0.3 is 10.1 Å². The third-order valence-corrected chi connectivity index (χ3v) is 4.47. The Morgan fingerprint density at radius 1 is 1.47 bits per heavy atom. The summed E-state index contributed by atoms with van der Waals surface area (Å²) in [7, 11) is 3.92. The summed E-state index contributed by atoms with van der Waals surface area (Å²) in [5, 5.41) is 3.47. The van der Waals surface area contributed by atoms with Crippen LogP contribution in [0.3, 0.4) is 0 Å². The largest absolute Gasteiger partial charge is 0.383 e. The first-order chi connectivity index (χ1) is 9.08. The Balaban J connectivity index is 2.53. The van der Waals surface area contributed by atoms with Crippen molar-refractivity contribution in [3.8, 4) is 0 Å². The molecule has 1 atom stereocenters. The maximum Gasteiger partial charge on any atom is 0.0615 e. The van der Waals surface area contributed by atoms with Crippen molar-refractivity contribution in [3.63, 3.8) is 0 Å². The standard InChI is InChI=1S/C15H28N2OS/c1-6-7-16-9-15-8-14(13(3)19-15)10-17(4)12(2)11-18-5/h8,12,16H,6-7,9-11H2,1-5H3. The van der Waals surface area contributed by atoms with Crippen LogP contribution >= 0.6 is 11.3 Å². The lowest BCUT2D eigenvalue weighted by atomic mass is 10.2. The van der Waals surface area contributed by atoms with E-state index in [1.807, 2.05) is 11.3 Å². The first-order valence-electron chi connectivity index (χ1n) is 7.06. The zero-order valence-electron chi connectivity index (χ0n) is 13.0. The number of ether oxygens (including phenoxy) is 1. The van der Waals surface area contributed by atoms with Crippen molar-refractivity contribution in [3.05, 3.63) is 21.4 Å². The van der Waals surface area contributed by atoms with E-state index in [9.17, 15) is 0 Å². The molecule has 0 radical (unpaired) electrons. The van der Waals surface area contributed by atoms with E-state index >= 15 is 0 Å². The number of hydrogen-bond donors (Lipinski definition) is 1. The highest BCUT2D eigenvalue weighted by molar-refractivity contribution is 7.12. The fourth-order valence-electron chi connectivity index (χ4n) is 2.01. The molecule has 1 rings (SSSR count).